The first kappa shape index (κ1) is 10.3. The third kappa shape index (κ3) is 2.43. The molecule has 0 radical (unpaired) electrons. The largest absolute Gasteiger partial charge is 0.294 e. The van der Waals surface area contributed by atoms with E-state index in [4.69, 9.17) is 11.6 Å². The van der Waals surface area contributed by atoms with Gasteiger partial charge in [-0.05, 0) is 23.6 Å². The number of nitrogens with zero attached hydrogens (tertiary/aromatic N) is 1. The summed E-state index contributed by atoms with van der Waals surface area (Å²) in [6.45, 7) is 0. The number of thiophene rings is 1. The molecule has 2 nitrogen and oxygen atoms in total. The Morgan fingerprint density at radius 1 is 1.40 bits per heavy atom. The fourth-order valence-corrected chi connectivity index (χ4v) is 2.19. The van der Waals surface area contributed by atoms with Gasteiger partial charge in [-0.3, -0.25) is 4.79 Å². The summed E-state index contributed by atoms with van der Waals surface area (Å²) in [5, 5.41) is 2.23. The summed E-state index contributed by atoms with van der Waals surface area (Å²) in [4.78, 5) is 16.7. The lowest BCUT2D eigenvalue weighted by Crippen LogP contribution is -2.03. The molecule has 4 heteroatoms. The quantitative estimate of drug-likeness (QED) is 0.606. The molecule has 0 aromatic carbocycles. The van der Waals surface area contributed by atoms with E-state index in [-0.39, 0.29) is 10.9 Å². The van der Waals surface area contributed by atoms with Crippen molar-refractivity contribution in [3.63, 3.8) is 0 Å². The van der Waals surface area contributed by atoms with E-state index < -0.39 is 0 Å². The summed E-state index contributed by atoms with van der Waals surface area (Å²) in [7, 11) is 0. The van der Waals surface area contributed by atoms with Crippen molar-refractivity contribution in [3.8, 4) is 0 Å². The van der Waals surface area contributed by atoms with Gasteiger partial charge >= 0.3 is 0 Å². The van der Waals surface area contributed by atoms with Gasteiger partial charge in [-0.15, -0.1) is 11.3 Å². The maximum Gasteiger partial charge on any atom is 0.171 e. The van der Waals surface area contributed by atoms with E-state index in [0.717, 1.165) is 4.88 Å². The molecule has 0 amide bonds. The van der Waals surface area contributed by atoms with Gasteiger partial charge in [-0.25, -0.2) is 4.98 Å². The maximum atomic E-state index is 11.8. The zero-order valence-electron chi connectivity index (χ0n) is 7.81. The highest BCUT2D eigenvalue weighted by Gasteiger charge is 2.11. The van der Waals surface area contributed by atoms with Crippen LogP contribution in [-0.4, -0.2) is 10.8 Å². The Morgan fingerprint density at radius 2 is 2.27 bits per heavy atom. The minimum absolute atomic E-state index is 0.00977. The second-order valence-corrected chi connectivity index (χ2v) is 4.41. The van der Waals surface area contributed by atoms with Crippen LogP contribution in [0.4, 0.5) is 0 Å². The number of pyridine rings is 1. The third-order valence-electron chi connectivity index (χ3n) is 1.97. The zero-order chi connectivity index (χ0) is 10.7. The molecule has 2 aromatic rings. The first-order chi connectivity index (χ1) is 7.27. The van der Waals surface area contributed by atoms with E-state index in [9.17, 15) is 4.79 Å². The predicted octanol–water partition coefficient (Wildman–Crippen LogP) is 3.22. The van der Waals surface area contributed by atoms with Crippen LogP contribution in [0.1, 0.15) is 15.2 Å². The first-order valence-electron chi connectivity index (χ1n) is 4.43. The van der Waals surface area contributed by atoms with Crippen LogP contribution in [0.3, 0.4) is 0 Å². The van der Waals surface area contributed by atoms with Crippen molar-refractivity contribution in [1.29, 1.82) is 0 Å². The summed E-state index contributed by atoms with van der Waals surface area (Å²) < 4.78 is 0. The van der Waals surface area contributed by atoms with Crippen LogP contribution in [0, 0.1) is 0 Å². The molecule has 0 saturated carbocycles. The molecule has 0 bridgehead atoms. The maximum absolute atomic E-state index is 11.8. The molecule has 0 unspecified atom stereocenters. The highest BCUT2D eigenvalue weighted by molar-refractivity contribution is 7.10. The Balaban J connectivity index is 2.19. The number of aromatic nitrogens is 1. The van der Waals surface area contributed by atoms with Crippen LogP contribution < -0.4 is 0 Å². The van der Waals surface area contributed by atoms with Crippen molar-refractivity contribution >= 4 is 28.7 Å². The lowest BCUT2D eigenvalue weighted by atomic mass is 10.1. The van der Waals surface area contributed by atoms with Gasteiger partial charge in [-0.2, -0.15) is 0 Å². The van der Waals surface area contributed by atoms with Crippen LogP contribution in [0.25, 0.3) is 0 Å². The van der Waals surface area contributed by atoms with Crippen LogP contribution >= 0.6 is 22.9 Å². The minimum atomic E-state index is 0.00977. The van der Waals surface area contributed by atoms with Crippen LogP contribution in [-0.2, 0) is 6.42 Å². The molecule has 0 aliphatic rings. The Morgan fingerprint density at radius 3 is 2.93 bits per heavy atom. The molecular weight excluding hydrogens is 230 g/mol. The molecule has 0 saturated heterocycles. The Bertz CT molecular complexity index is 467. The van der Waals surface area contributed by atoms with Gasteiger partial charge in [0, 0.05) is 17.5 Å². The molecular formula is C11H8ClNOS. The summed E-state index contributed by atoms with van der Waals surface area (Å²) in [6.07, 6.45) is 1.97. The number of hydrogen-bond donors (Lipinski definition) is 0. The Kier molecular flexibility index (Phi) is 3.14. The topological polar surface area (TPSA) is 30.0 Å². The molecule has 0 aliphatic carbocycles. The van der Waals surface area contributed by atoms with Crippen LogP contribution in [0.15, 0.2) is 35.8 Å². The standard InChI is InChI=1S/C11H8ClNOS/c12-11-9(4-1-5-13-11)10(14)7-8-3-2-6-15-8/h1-6H,7H2. The van der Waals surface area contributed by atoms with E-state index in [1.54, 1.807) is 29.7 Å². The van der Waals surface area contributed by atoms with E-state index in [2.05, 4.69) is 4.98 Å². The molecule has 0 atom stereocenters. The first-order valence-corrected chi connectivity index (χ1v) is 5.69. The molecule has 15 heavy (non-hydrogen) atoms. The summed E-state index contributed by atoms with van der Waals surface area (Å²) in [6, 6.07) is 7.28. The molecule has 0 N–H and O–H groups in total. The lowest BCUT2D eigenvalue weighted by molar-refractivity contribution is 0.0993. The fourth-order valence-electron chi connectivity index (χ4n) is 1.26. The van der Waals surface area contributed by atoms with Crippen molar-refractivity contribution < 1.29 is 4.79 Å². The molecule has 0 spiro atoms. The average Bonchev–Trinajstić information content (AvgIpc) is 2.71. The number of carbonyl (C=O) groups is 1. The number of Topliss-reactive ketones (excluding diaryl/α,β-unsaturated/α-hetero) is 1. The fraction of sp³-hybridized carbons (Fsp3) is 0.0909. The van der Waals surface area contributed by atoms with Gasteiger partial charge < -0.3 is 0 Å². The van der Waals surface area contributed by atoms with Gasteiger partial charge in [-0.1, -0.05) is 17.7 Å². The van der Waals surface area contributed by atoms with E-state index in [1.807, 2.05) is 17.5 Å². The second kappa shape index (κ2) is 4.55. The van der Waals surface area contributed by atoms with Gasteiger partial charge in [0.25, 0.3) is 0 Å². The highest BCUT2D eigenvalue weighted by Crippen LogP contribution is 2.17. The number of rotatable bonds is 3. The van der Waals surface area contributed by atoms with Gasteiger partial charge in [0.2, 0.25) is 0 Å². The van der Waals surface area contributed by atoms with Crippen molar-refractivity contribution in [3.05, 3.63) is 51.4 Å². The van der Waals surface area contributed by atoms with Crippen molar-refractivity contribution in [2.75, 3.05) is 0 Å². The Hall–Kier alpha value is -1.19. The van der Waals surface area contributed by atoms with E-state index in [0.29, 0.717) is 12.0 Å². The molecule has 76 valence electrons. The normalized spacial score (nSPS) is 10.2. The molecule has 0 fully saturated rings. The smallest absolute Gasteiger partial charge is 0.171 e. The van der Waals surface area contributed by atoms with Crippen molar-refractivity contribution in [2.24, 2.45) is 0 Å². The van der Waals surface area contributed by atoms with Gasteiger partial charge in [0.1, 0.15) is 5.15 Å². The van der Waals surface area contributed by atoms with Crippen LogP contribution in [0.5, 0.6) is 0 Å². The Labute approximate surface area is 96.5 Å². The summed E-state index contributed by atoms with van der Waals surface area (Å²) >= 11 is 7.40. The average molecular weight is 238 g/mol. The second-order valence-electron chi connectivity index (χ2n) is 3.02. The lowest BCUT2D eigenvalue weighted by Gasteiger charge is -2.00. The van der Waals surface area contributed by atoms with E-state index in [1.165, 1.54) is 0 Å². The SMILES string of the molecule is O=C(Cc1cccs1)c1cccnc1Cl. The van der Waals surface area contributed by atoms with Gasteiger partial charge in [0.15, 0.2) is 5.78 Å². The summed E-state index contributed by atoms with van der Waals surface area (Å²) in [5.74, 6) is 0.00977. The monoisotopic (exact) mass is 237 g/mol. The molecule has 0 aliphatic heterocycles. The molecule has 2 heterocycles. The van der Waals surface area contributed by atoms with Crippen molar-refractivity contribution in [1.82, 2.24) is 4.98 Å². The zero-order valence-corrected chi connectivity index (χ0v) is 9.39. The highest BCUT2D eigenvalue weighted by atomic mass is 35.5. The van der Waals surface area contributed by atoms with Crippen LogP contribution in [0.2, 0.25) is 5.15 Å². The van der Waals surface area contributed by atoms with Gasteiger partial charge in [0.05, 0.1) is 5.56 Å². The minimum Gasteiger partial charge on any atom is -0.294 e. The third-order valence-corrected chi connectivity index (χ3v) is 3.15. The molecule has 2 aromatic heterocycles. The van der Waals surface area contributed by atoms with Crippen molar-refractivity contribution in [2.45, 2.75) is 6.42 Å². The predicted molar refractivity (Wildman–Crippen MR) is 61.6 cm³/mol. The number of halogens is 1. The number of carbonyl (C=O) groups excluding carboxylic acids is 1. The number of ketones is 1. The van der Waals surface area contributed by atoms with E-state index >= 15 is 0 Å². The summed E-state index contributed by atoms with van der Waals surface area (Å²) in [5.41, 5.74) is 0.493. The molecule has 2 rings (SSSR count). The number of hydrogen-bond acceptors (Lipinski definition) is 3.